The summed E-state index contributed by atoms with van der Waals surface area (Å²) >= 11 is 0. The maximum atomic E-state index is 13.1. The van der Waals surface area contributed by atoms with Crippen molar-refractivity contribution in [3.8, 4) is 5.75 Å². The van der Waals surface area contributed by atoms with E-state index in [-0.39, 0.29) is 16.7 Å². The van der Waals surface area contributed by atoms with Crippen LogP contribution in [0.3, 0.4) is 0 Å². The Morgan fingerprint density at radius 2 is 1.74 bits per heavy atom. The van der Waals surface area contributed by atoms with Gasteiger partial charge in [-0.2, -0.15) is 8.42 Å². The fourth-order valence-electron chi connectivity index (χ4n) is 10.1. The molecule has 4 aliphatic rings. The number of carbonyl (C=O) groups is 2. The van der Waals surface area contributed by atoms with Crippen molar-refractivity contribution in [1.82, 2.24) is 5.32 Å². The van der Waals surface area contributed by atoms with Crippen LogP contribution in [0, 0.1) is 40.4 Å². The van der Waals surface area contributed by atoms with E-state index in [1.165, 1.54) is 6.42 Å². The van der Waals surface area contributed by atoms with E-state index < -0.39 is 34.4 Å². The Labute approximate surface area is 280 Å². The van der Waals surface area contributed by atoms with Crippen LogP contribution >= 0.6 is 0 Å². The predicted molar refractivity (Wildman–Crippen MR) is 180 cm³/mol. The molecular formula is C37H53NO8S. The molecule has 9 nitrogen and oxygen atoms in total. The molecule has 260 valence electrons. The average molecular weight is 672 g/mol. The molecule has 3 N–H and O–H groups in total. The summed E-state index contributed by atoms with van der Waals surface area (Å²) in [5.41, 5.74) is 4.52. The highest BCUT2D eigenvalue weighted by molar-refractivity contribution is 7.80. The van der Waals surface area contributed by atoms with Crippen LogP contribution in [-0.2, 0) is 24.2 Å². The fourth-order valence-corrected chi connectivity index (χ4v) is 10.6. The first-order valence-corrected chi connectivity index (χ1v) is 18.7. The monoisotopic (exact) mass is 671 g/mol. The van der Waals surface area contributed by atoms with E-state index in [2.05, 4.69) is 32.7 Å². The van der Waals surface area contributed by atoms with E-state index in [4.69, 9.17) is 8.92 Å². The van der Waals surface area contributed by atoms with Crippen molar-refractivity contribution >= 4 is 22.3 Å². The number of fused-ring (bicyclic) bond motifs is 4. The standard InChI is InChI=1S/C37H53NO8S/c1-22(24(3)34(39)38-33(35(40)41)25-9-12-27(45-6)13-10-25)7-8-23(2)30-15-16-31-29-14-11-26-21-28(46-47(42,43)44)17-19-36(26,4)32(29)18-20-37(30,31)5/h9-10,12-13,22-23,26,28,30,32-33H,3,7-8,11,14-21H2,1-2,4-6H3,(H,38,39)(H,40,41)(H,42,43,44)/t22?,23-,26?,28+,30-,32?,33+,36+,37-/m1/s1. The molecule has 10 heteroatoms. The summed E-state index contributed by atoms with van der Waals surface area (Å²) in [7, 11) is -2.90. The summed E-state index contributed by atoms with van der Waals surface area (Å²) in [6.07, 6.45) is 10.3. The van der Waals surface area contributed by atoms with Crippen LogP contribution in [0.5, 0.6) is 5.75 Å². The molecule has 3 saturated carbocycles. The molecule has 3 fully saturated rings. The van der Waals surface area contributed by atoms with Crippen LogP contribution in [0.15, 0.2) is 47.6 Å². The molecule has 0 aromatic heterocycles. The Balaban J connectivity index is 1.19. The number of methoxy groups -OCH3 is 1. The van der Waals surface area contributed by atoms with E-state index in [0.29, 0.717) is 53.4 Å². The fraction of sp³-hybridized carbons (Fsp3) is 0.676. The predicted octanol–water partition coefficient (Wildman–Crippen LogP) is 7.46. The second kappa shape index (κ2) is 13.7. The maximum Gasteiger partial charge on any atom is 0.397 e. The van der Waals surface area contributed by atoms with Gasteiger partial charge in [-0.1, -0.05) is 57.6 Å². The van der Waals surface area contributed by atoms with E-state index >= 15 is 0 Å². The van der Waals surface area contributed by atoms with Crippen molar-refractivity contribution in [1.29, 1.82) is 0 Å². The van der Waals surface area contributed by atoms with Gasteiger partial charge < -0.3 is 15.2 Å². The SMILES string of the molecule is C=C(C(=O)N[C@H](C(=O)O)c1ccc(OC)cc1)C(C)CC[C@@H](C)[C@H]1CCC2=C3CCC4C[C@@H](OS(=O)(=O)O)CC[C@]4(C)C3CC[C@@]21C. The number of carboxylic acids is 1. The van der Waals surface area contributed by atoms with Crippen molar-refractivity contribution in [2.24, 2.45) is 40.4 Å². The molecule has 0 saturated heterocycles. The maximum absolute atomic E-state index is 13.1. The minimum Gasteiger partial charge on any atom is -0.497 e. The van der Waals surface area contributed by atoms with Crippen LogP contribution < -0.4 is 10.1 Å². The number of hydrogen-bond donors (Lipinski definition) is 3. The number of carboxylic acid groups (broad SMARTS) is 1. The first-order chi connectivity index (χ1) is 22.1. The molecule has 5 rings (SSSR count). The average Bonchev–Trinajstić information content (AvgIpc) is 3.38. The number of hydrogen-bond acceptors (Lipinski definition) is 6. The molecule has 0 radical (unpaired) electrons. The Kier molecular flexibility index (Phi) is 10.4. The van der Waals surface area contributed by atoms with Gasteiger partial charge in [0, 0.05) is 5.57 Å². The third kappa shape index (κ3) is 7.20. The summed E-state index contributed by atoms with van der Waals surface area (Å²) in [6.45, 7) is 13.3. The first kappa shape index (κ1) is 35.6. The Hall–Kier alpha value is -2.69. The number of aliphatic carboxylic acids is 1. The summed E-state index contributed by atoms with van der Waals surface area (Å²) < 4.78 is 42.2. The van der Waals surface area contributed by atoms with Gasteiger partial charge >= 0.3 is 16.4 Å². The van der Waals surface area contributed by atoms with Crippen LogP contribution in [0.25, 0.3) is 0 Å². The zero-order valence-electron chi connectivity index (χ0n) is 28.6. The Bertz CT molecular complexity index is 1500. The highest BCUT2D eigenvalue weighted by Gasteiger charge is 2.56. The third-order valence-electron chi connectivity index (χ3n) is 12.9. The minimum atomic E-state index is -4.44. The lowest BCUT2D eigenvalue weighted by Gasteiger charge is -2.57. The topological polar surface area (TPSA) is 139 Å². The summed E-state index contributed by atoms with van der Waals surface area (Å²) in [5.74, 6) is 0.920. The lowest BCUT2D eigenvalue weighted by Crippen LogP contribution is -2.48. The quantitative estimate of drug-likeness (QED) is 0.118. The third-order valence-corrected chi connectivity index (χ3v) is 13.4. The van der Waals surface area contributed by atoms with Crippen LogP contribution in [-0.4, -0.2) is 43.2 Å². The van der Waals surface area contributed by atoms with Crippen molar-refractivity contribution < 1.29 is 36.6 Å². The van der Waals surface area contributed by atoms with Crippen LogP contribution in [0.4, 0.5) is 0 Å². The molecule has 1 aromatic rings. The normalized spacial score (nSPS) is 32.3. The van der Waals surface area contributed by atoms with Gasteiger partial charge in [-0.3, -0.25) is 9.35 Å². The van der Waals surface area contributed by atoms with E-state index in [9.17, 15) is 27.7 Å². The molecular weight excluding hydrogens is 618 g/mol. The van der Waals surface area contributed by atoms with Gasteiger partial charge in [0.05, 0.1) is 13.2 Å². The van der Waals surface area contributed by atoms with Crippen molar-refractivity contribution in [3.05, 3.63) is 53.1 Å². The van der Waals surface area contributed by atoms with Gasteiger partial charge in [0.1, 0.15) is 5.75 Å². The highest BCUT2D eigenvalue weighted by Crippen LogP contribution is 2.66. The molecule has 0 spiro atoms. The van der Waals surface area contributed by atoms with Crippen LogP contribution in [0.2, 0.25) is 0 Å². The highest BCUT2D eigenvalue weighted by atomic mass is 32.3. The zero-order valence-corrected chi connectivity index (χ0v) is 29.4. The van der Waals surface area contributed by atoms with Gasteiger partial charge in [0.15, 0.2) is 6.04 Å². The number of nitrogens with one attached hydrogen (secondary N) is 1. The van der Waals surface area contributed by atoms with E-state index in [0.717, 1.165) is 51.4 Å². The lowest BCUT2D eigenvalue weighted by molar-refractivity contribution is -0.141. The van der Waals surface area contributed by atoms with E-state index in [1.807, 2.05) is 6.92 Å². The number of benzene rings is 1. The molecule has 47 heavy (non-hydrogen) atoms. The van der Waals surface area contributed by atoms with Gasteiger partial charge in [-0.15, -0.1) is 0 Å². The van der Waals surface area contributed by atoms with Crippen LogP contribution in [0.1, 0.15) is 110 Å². The Morgan fingerprint density at radius 1 is 1.04 bits per heavy atom. The molecule has 4 aliphatic carbocycles. The second-order valence-corrected chi connectivity index (χ2v) is 16.4. The minimum absolute atomic E-state index is 0.0827. The largest absolute Gasteiger partial charge is 0.497 e. The van der Waals surface area contributed by atoms with Gasteiger partial charge in [0.25, 0.3) is 0 Å². The van der Waals surface area contributed by atoms with Gasteiger partial charge in [0.2, 0.25) is 5.91 Å². The zero-order chi connectivity index (χ0) is 34.3. The molecule has 1 aromatic carbocycles. The molecule has 1 amide bonds. The molecule has 0 aliphatic heterocycles. The molecule has 3 unspecified atom stereocenters. The van der Waals surface area contributed by atoms with Crippen molar-refractivity contribution in [2.45, 2.75) is 110 Å². The lowest BCUT2D eigenvalue weighted by atomic mass is 9.49. The number of allylic oxidation sites excluding steroid dienone is 2. The number of amides is 1. The smallest absolute Gasteiger partial charge is 0.397 e. The van der Waals surface area contributed by atoms with Crippen molar-refractivity contribution in [2.75, 3.05) is 7.11 Å². The molecule has 0 bridgehead atoms. The Morgan fingerprint density at radius 3 is 2.38 bits per heavy atom. The number of rotatable bonds is 12. The summed E-state index contributed by atoms with van der Waals surface area (Å²) in [5, 5.41) is 12.5. The first-order valence-electron chi connectivity index (χ1n) is 17.3. The van der Waals surface area contributed by atoms with Gasteiger partial charge in [-0.05, 0) is 129 Å². The second-order valence-electron chi connectivity index (χ2n) is 15.3. The number of carbonyl (C=O) groups excluding carboxylic acids is 1. The van der Waals surface area contributed by atoms with E-state index in [1.54, 1.807) is 42.5 Å². The molecule has 0 heterocycles. The van der Waals surface area contributed by atoms with Gasteiger partial charge in [-0.25, -0.2) is 8.98 Å². The van der Waals surface area contributed by atoms with Crippen molar-refractivity contribution in [3.63, 3.8) is 0 Å². The number of ether oxygens (including phenoxy) is 1. The molecule has 9 atom stereocenters. The summed E-state index contributed by atoms with van der Waals surface area (Å²) in [6, 6.07) is 5.47. The summed E-state index contributed by atoms with van der Waals surface area (Å²) in [4.78, 5) is 25.1.